The fraction of sp³-hybridized carbons (Fsp3) is 0.692. The number of aliphatic imine (C=N–C) groups is 1. The predicted molar refractivity (Wildman–Crippen MR) is 102 cm³/mol. The van der Waals surface area contributed by atoms with Crippen LogP contribution in [0.2, 0.25) is 0 Å². The molecule has 2 heterocycles. The van der Waals surface area contributed by atoms with Gasteiger partial charge in [0.15, 0.2) is 15.8 Å². The summed E-state index contributed by atoms with van der Waals surface area (Å²) in [5, 5.41) is 6.27. The number of guanidine groups is 1. The standard InChI is InChI=1S/C13H22N4O2S2.HI/c1-10-8-20-11(16-10)7-15-12(14-4)17-5-6-21(18,19)13(2,3)9-17;/h8H,5-7,9H2,1-4H3,(H,14,15);1H. The zero-order chi connectivity index (χ0) is 15.7. The van der Waals surface area contributed by atoms with E-state index in [-0.39, 0.29) is 29.7 Å². The van der Waals surface area contributed by atoms with Crippen LogP contribution in [0.3, 0.4) is 0 Å². The van der Waals surface area contributed by atoms with Crippen molar-refractivity contribution in [1.29, 1.82) is 0 Å². The van der Waals surface area contributed by atoms with Gasteiger partial charge in [-0.05, 0) is 20.8 Å². The van der Waals surface area contributed by atoms with Gasteiger partial charge in [0, 0.05) is 31.2 Å². The van der Waals surface area contributed by atoms with Gasteiger partial charge in [-0.3, -0.25) is 4.99 Å². The van der Waals surface area contributed by atoms with Crippen LogP contribution in [0.15, 0.2) is 10.4 Å². The van der Waals surface area contributed by atoms with Crippen molar-refractivity contribution in [1.82, 2.24) is 15.2 Å². The van der Waals surface area contributed by atoms with Gasteiger partial charge in [0.05, 0.1) is 17.0 Å². The number of sulfone groups is 1. The molecule has 0 amide bonds. The fourth-order valence-corrected chi connectivity index (χ4v) is 4.37. The molecular formula is C13H23IN4O2S2. The lowest BCUT2D eigenvalue weighted by atomic mass is 10.2. The largest absolute Gasteiger partial charge is 0.350 e. The first-order chi connectivity index (χ1) is 9.75. The van der Waals surface area contributed by atoms with E-state index in [9.17, 15) is 8.42 Å². The second-order valence-electron chi connectivity index (χ2n) is 5.78. The SMILES string of the molecule is CN=C(NCc1nc(C)cs1)N1CCS(=O)(=O)C(C)(C)C1.I. The van der Waals surface area contributed by atoms with Crippen molar-refractivity contribution in [3.8, 4) is 0 Å². The van der Waals surface area contributed by atoms with Gasteiger partial charge < -0.3 is 10.2 Å². The number of rotatable bonds is 2. The number of nitrogens with zero attached hydrogens (tertiary/aromatic N) is 3. The molecule has 1 N–H and O–H groups in total. The first-order valence-electron chi connectivity index (χ1n) is 6.84. The highest BCUT2D eigenvalue weighted by Crippen LogP contribution is 2.23. The van der Waals surface area contributed by atoms with Gasteiger partial charge in [0.2, 0.25) is 0 Å². The van der Waals surface area contributed by atoms with Crippen LogP contribution in [0.25, 0.3) is 0 Å². The Kier molecular flexibility index (Phi) is 6.63. The highest BCUT2D eigenvalue weighted by atomic mass is 127. The molecule has 0 saturated carbocycles. The van der Waals surface area contributed by atoms with Crippen molar-refractivity contribution < 1.29 is 8.42 Å². The number of aromatic nitrogens is 1. The predicted octanol–water partition coefficient (Wildman–Crippen LogP) is 1.65. The number of thiazole rings is 1. The van der Waals surface area contributed by atoms with E-state index in [4.69, 9.17) is 0 Å². The molecule has 0 unspecified atom stereocenters. The Balaban J connectivity index is 0.00000242. The normalized spacial score (nSPS) is 20.4. The molecule has 0 radical (unpaired) electrons. The van der Waals surface area contributed by atoms with Crippen LogP contribution in [0.4, 0.5) is 0 Å². The third-order valence-electron chi connectivity index (χ3n) is 3.62. The summed E-state index contributed by atoms with van der Waals surface area (Å²) in [6.45, 7) is 7.04. The first kappa shape index (κ1) is 19.6. The molecule has 0 spiro atoms. The average Bonchev–Trinajstić information content (AvgIpc) is 2.80. The Bertz CT molecular complexity index is 640. The molecule has 1 aromatic heterocycles. The Morgan fingerprint density at radius 1 is 1.55 bits per heavy atom. The zero-order valence-corrected chi connectivity index (χ0v) is 17.3. The van der Waals surface area contributed by atoms with Crippen molar-refractivity contribution in [3.05, 3.63) is 16.1 Å². The molecule has 1 aliphatic rings. The summed E-state index contributed by atoms with van der Waals surface area (Å²) in [7, 11) is -1.32. The maximum Gasteiger partial charge on any atom is 0.194 e. The molecule has 1 aromatic rings. The summed E-state index contributed by atoms with van der Waals surface area (Å²) in [4.78, 5) is 10.7. The van der Waals surface area contributed by atoms with Gasteiger partial charge in [-0.2, -0.15) is 0 Å². The van der Waals surface area contributed by atoms with Gasteiger partial charge >= 0.3 is 0 Å². The van der Waals surface area contributed by atoms with Crippen LogP contribution in [-0.4, -0.2) is 54.9 Å². The van der Waals surface area contributed by atoms with E-state index in [1.54, 1.807) is 32.2 Å². The lowest BCUT2D eigenvalue weighted by Gasteiger charge is -2.39. The molecule has 1 saturated heterocycles. The Morgan fingerprint density at radius 2 is 2.23 bits per heavy atom. The third kappa shape index (κ3) is 4.31. The number of nitrogens with one attached hydrogen (secondary N) is 1. The molecule has 126 valence electrons. The highest BCUT2D eigenvalue weighted by Gasteiger charge is 2.40. The summed E-state index contributed by atoms with van der Waals surface area (Å²) in [5.74, 6) is 0.891. The van der Waals surface area contributed by atoms with Crippen molar-refractivity contribution >= 4 is 51.1 Å². The summed E-state index contributed by atoms with van der Waals surface area (Å²) >= 11 is 1.61. The molecule has 0 bridgehead atoms. The Hall–Kier alpha value is -0.420. The molecule has 2 rings (SSSR count). The maximum absolute atomic E-state index is 12.0. The van der Waals surface area contributed by atoms with Gasteiger partial charge in [0.1, 0.15) is 5.01 Å². The minimum Gasteiger partial charge on any atom is -0.350 e. The summed E-state index contributed by atoms with van der Waals surface area (Å²) in [6.07, 6.45) is 0. The second-order valence-corrected chi connectivity index (χ2v) is 9.47. The van der Waals surface area contributed by atoms with Crippen LogP contribution in [-0.2, 0) is 16.4 Å². The monoisotopic (exact) mass is 458 g/mol. The quantitative estimate of drug-likeness (QED) is 0.415. The molecular weight excluding hydrogens is 435 g/mol. The van der Waals surface area contributed by atoms with Crippen molar-refractivity contribution in [2.24, 2.45) is 4.99 Å². The average molecular weight is 458 g/mol. The van der Waals surface area contributed by atoms with E-state index in [1.165, 1.54) is 0 Å². The van der Waals surface area contributed by atoms with E-state index in [1.807, 2.05) is 17.2 Å². The van der Waals surface area contributed by atoms with Gasteiger partial charge in [-0.1, -0.05) is 0 Å². The number of hydrogen-bond donors (Lipinski definition) is 1. The summed E-state index contributed by atoms with van der Waals surface area (Å²) in [5.41, 5.74) is 1.01. The molecule has 9 heteroatoms. The third-order valence-corrected chi connectivity index (χ3v) is 7.12. The Labute approximate surface area is 153 Å². The molecule has 0 atom stereocenters. The topological polar surface area (TPSA) is 74.7 Å². The minimum absolute atomic E-state index is 0. The molecule has 22 heavy (non-hydrogen) atoms. The van der Waals surface area contributed by atoms with E-state index < -0.39 is 14.6 Å². The van der Waals surface area contributed by atoms with Crippen molar-refractivity contribution in [2.75, 3.05) is 25.9 Å². The van der Waals surface area contributed by atoms with Crippen molar-refractivity contribution in [3.63, 3.8) is 0 Å². The van der Waals surface area contributed by atoms with Gasteiger partial charge in [0.25, 0.3) is 0 Å². The van der Waals surface area contributed by atoms with E-state index in [2.05, 4.69) is 15.3 Å². The second kappa shape index (κ2) is 7.43. The lowest BCUT2D eigenvalue weighted by molar-refractivity contribution is 0.353. The number of halogens is 1. The molecule has 1 fully saturated rings. The zero-order valence-electron chi connectivity index (χ0n) is 13.3. The number of aryl methyl sites for hydroxylation is 1. The van der Waals surface area contributed by atoms with Crippen LogP contribution in [0.1, 0.15) is 24.5 Å². The van der Waals surface area contributed by atoms with Gasteiger partial charge in [-0.25, -0.2) is 13.4 Å². The van der Waals surface area contributed by atoms with Crippen LogP contribution in [0.5, 0.6) is 0 Å². The molecule has 6 nitrogen and oxygen atoms in total. The maximum atomic E-state index is 12.0. The number of hydrogen-bond acceptors (Lipinski definition) is 5. The van der Waals surface area contributed by atoms with Gasteiger partial charge in [-0.15, -0.1) is 35.3 Å². The fourth-order valence-electron chi connectivity index (χ4n) is 2.30. The molecule has 0 aromatic carbocycles. The van der Waals surface area contributed by atoms with E-state index in [0.717, 1.165) is 16.7 Å². The lowest BCUT2D eigenvalue weighted by Crippen LogP contribution is -2.57. The molecule has 1 aliphatic heterocycles. The first-order valence-corrected chi connectivity index (χ1v) is 9.37. The smallest absolute Gasteiger partial charge is 0.194 e. The minimum atomic E-state index is -3.03. The summed E-state index contributed by atoms with van der Waals surface area (Å²) < 4.78 is 23.3. The highest BCUT2D eigenvalue weighted by molar-refractivity contribution is 14.0. The van der Waals surface area contributed by atoms with Crippen LogP contribution in [0, 0.1) is 6.92 Å². The summed E-state index contributed by atoms with van der Waals surface area (Å²) in [6, 6.07) is 0. The van der Waals surface area contributed by atoms with E-state index in [0.29, 0.717) is 19.6 Å². The van der Waals surface area contributed by atoms with Crippen molar-refractivity contribution in [2.45, 2.75) is 32.1 Å². The van der Waals surface area contributed by atoms with Crippen LogP contribution < -0.4 is 5.32 Å². The Morgan fingerprint density at radius 3 is 2.73 bits per heavy atom. The molecule has 0 aliphatic carbocycles. The van der Waals surface area contributed by atoms with Crippen LogP contribution >= 0.6 is 35.3 Å². The van der Waals surface area contributed by atoms with E-state index >= 15 is 0 Å².